The SMILES string of the molecule is O=C(C=Cc1ccc(Cl)cc1)Oc1ccc(Br)cc1Br. The summed E-state index contributed by atoms with van der Waals surface area (Å²) in [5.74, 6) is 0.0296. The van der Waals surface area contributed by atoms with Crippen molar-refractivity contribution in [2.45, 2.75) is 0 Å². The highest BCUT2D eigenvalue weighted by Gasteiger charge is 2.05. The van der Waals surface area contributed by atoms with Crippen LogP contribution < -0.4 is 4.74 Å². The van der Waals surface area contributed by atoms with Crippen molar-refractivity contribution < 1.29 is 9.53 Å². The summed E-state index contributed by atoms with van der Waals surface area (Å²) in [5, 5.41) is 0.656. The average Bonchev–Trinajstić information content (AvgIpc) is 2.41. The minimum atomic E-state index is -0.442. The maximum Gasteiger partial charge on any atom is 0.336 e. The van der Waals surface area contributed by atoms with E-state index in [9.17, 15) is 4.79 Å². The number of benzene rings is 2. The molecule has 0 fully saturated rings. The van der Waals surface area contributed by atoms with E-state index in [1.807, 2.05) is 18.2 Å². The molecule has 0 aliphatic heterocycles. The van der Waals surface area contributed by atoms with E-state index in [1.165, 1.54) is 6.08 Å². The van der Waals surface area contributed by atoms with Crippen LogP contribution in [0.1, 0.15) is 5.56 Å². The van der Waals surface area contributed by atoms with Crippen LogP contribution in [-0.4, -0.2) is 5.97 Å². The molecule has 0 bridgehead atoms. The fourth-order valence-electron chi connectivity index (χ4n) is 1.44. The molecular weight excluding hydrogens is 407 g/mol. The first-order valence-corrected chi connectivity index (χ1v) is 7.61. The summed E-state index contributed by atoms with van der Waals surface area (Å²) in [6.45, 7) is 0. The van der Waals surface area contributed by atoms with E-state index in [0.717, 1.165) is 10.0 Å². The van der Waals surface area contributed by atoms with Crippen LogP contribution in [-0.2, 0) is 4.79 Å². The van der Waals surface area contributed by atoms with Gasteiger partial charge >= 0.3 is 5.97 Å². The molecule has 0 saturated heterocycles. The van der Waals surface area contributed by atoms with Gasteiger partial charge in [-0.1, -0.05) is 39.7 Å². The largest absolute Gasteiger partial charge is 0.422 e. The van der Waals surface area contributed by atoms with Crippen LogP contribution >= 0.6 is 43.5 Å². The second kappa shape index (κ2) is 7.07. The average molecular weight is 416 g/mol. The predicted molar refractivity (Wildman–Crippen MR) is 88.0 cm³/mol. The minimum Gasteiger partial charge on any atom is -0.422 e. The summed E-state index contributed by atoms with van der Waals surface area (Å²) in [4.78, 5) is 11.7. The van der Waals surface area contributed by atoms with Crippen LogP contribution in [0, 0.1) is 0 Å². The van der Waals surface area contributed by atoms with Crippen molar-refractivity contribution in [3.8, 4) is 5.75 Å². The lowest BCUT2D eigenvalue weighted by atomic mass is 10.2. The van der Waals surface area contributed by atoms with Gasteiger partial charge in [-0.15, -0.1) is 0 Å². The highest BCUT2D eigenvalue weighted by atomic mass is 79.9. The highest BCUT2D eigenvalue weighted by molar-refractivity contribution is 9.11. The normalized spacial score (nSPS) is 10.8. The molecule has 102 valence electrons. The number of carbonyl (C=O) groups is 1. The van der Waals surface area contributed by atoms with Gasteiger partial charge in [-0.3, -0.25) is 0 Å². The second-order valence-electron chi connectivity index (χ2n) is 3.88. The smallest absolute Gasteiger partial charge is 0.336 e. The van der Waals surface area contributed by atoms with E-state index in [4.69, 9.17) is 16.3 Å². The summed E-state index contributed by atoms with van der Waals surface area (Å²) in [7, 11) is 0. The van der Waals surface area contributed by atoms with Crippen LogP contribution in [0.3, 0.4) is 0 Å². The first-order valence-electron chi connectivity index (χ1n) is 5.65. The monoisotopic (exact) mass is 414 g/mol. The van der Waals surface area contributed by atoms with Gasteiger partial charge in [0.2, 0.25) is 0 Å². The molecule has 0 N–H and O–H groups in total. The van der Waals surface area contributed by atoms with E-state index < -0.39 is 5.97 Å². The number of hydrogen-bond acceptors (Lipinski definition) is 2. The van der Waals surface area contributed by atoms with Crippen molar-refractivity contribution in [3.05, 3.63) is 68.1 Å². The molecule has 0 atom stereocenters. The molecule has 2 aromatic rings. The predicted octanol–water partition coefficient (Wildman–Crippen LogP) is 5.48. The standard InChI is InChI=1S/C15H9Br2ClO2/c16-11-4-7-14(13(17)9-11)20-15(19)8-3-10-1-5-12(18)6-2-10/h1-9H. The Hall–Kier alpha value is -1.10. The maximum atomic E-state index is 11.7. The molecule has 0 radical (unpaired) electrons. The van der Waals surface area contributed by atoms with E-state index in [0.29, 0.717) is 15.2 Å². The first-order chi connectivity index (χ1) is 9.54. The minimum absolute atomic E-state index is 0.442. The van der Waals surface area contributed by atoms with E-state index in [2.05, 4.69) is 31.9 Å². The molecule has 0 aliphatic carbocycles. The van der Waals surface area contributed by atoms with Crippen LogP contribution in [0.15, 0.2) is 57.5 Å². The van der Waals surface area contributed by atoms with Crippen LogP contribution in [0.4, 0.5) is 0 Å². The van der Waals surface area contributed by atoms with Gasteiger partial charge in [0.05, 0.1) is 4.47 Å². The van der Waals surface area contributed by atoms with Crippen molar-refractivity contribution in [2.75, 3.05) is 0 Å². The molecule has 20 heavy (non-hydrogen) atoms. The molecule has 5 heteroatoms. The summed E-state index contributed by atoms with van der Waals surface area (Å²) in [6.07, 6.45) is 3.04. The maximum absolute atomic E-state index is 11.7. The van der Waals surface area contributed by atoms with E-state index in [1.54, 1.807) is 30.3 Å². The molecule has 0 heterocycles. The number of esters is 1. The number of hydrogen-bond donors (Lipinski definition) is 0. The molecular formula is C15H9Br2ClO2. The Labute approximate surface area is 138 Å². The Morgan fingerprint density at radius 1 is 1.10 bits per heavy atom. The van der Waals surface area contributed by atoms with Crippen LogP contribution in [0.25, 0.3) is 6.08 Å². The van der Waals surface area contributed by atoms with Gasteiger partial charge in [0.25, 0.3) is 0 Å². The van der Waals surface area contributed by atoms with Gasteiger partial charge in [-0.2, -0.15) is 0 Å². The zero-order valence-corrected chi connectivity index (χ0v) is 14.1. The Morgan fingerprint density at radius 3 is 2.45 bits per heavy atom. The Kier molecular flexibility index (Phi) is 5.40. The van der Waals surface area contributed by atoms with Crippen molar-refractivity contribution in [1.29, 1.82) is 0 Å². The van der Waals surface area contributed by atoms with Gasteiger partial charge < -0.3 is 4.74 Å². The van der Waals surface area contributed by atoms with Gasteiger partial charge in [-0.25, -0.2) is 4.79 Å². The van der Waals surface area contributed by atoms with Crippen molar-refractivity contribution >= 4 is 55.5 Å². The lowest BCUT2D eigenvalue weighted by Crippen LogP contribution is -2.04. The summed E-state index contributed by atoms with van der Waals surface area (Å²) < 4.78 is 6.84. The fourth-order valence-corrected chi connectivity index (χ4v) is 2.69. The number of carbonyl (C=O) groups excluding carboxylic acids is 1. The number of rotatable bonds is 3. The third kappa shape index (κ3) is 4.47. The zero-order chi connectivity index (χ0) is 14.5. The topological polar surface area (TPSA) is 26.3 Å². The molecule has 2 nitrogen and oxygen atoms in total. The molecule has 0 aliphatic rings. The molecule has 2 aromatic carbocycles. The van der Waals surface area contributed by atoms with Crippen molar-refractivity contribution in [2.24, 2.45) is 0 Å². The Bertz CT molecular complexity index is 651. The number of ether oxygens (including phenoxy) is 1. The quantitative estimate of drug-likeness (QED) is 0.376. The molecule has 0 saturated carbocycles. The van der Waals surface area contributed by atoms with Crippen molar-refractivity contribution in [1.82, 2.24) is 0 Å². The summed E-state index contributed by atoms with van der Waals surface area (Å²) in [6, 6.07) is 12.5. The van der Waals surface area contributed by atoms with Crippen LogP contribution in [0.5, 0.6) is 5.75 Å². The van der Waals surface area contributed by atoms with E-state index in [-0.39, 0.29) is 0 Å². The van der Waals surface area contributed by atoms with Gasteiger partial charge in [-0.05, 0) is 57.9 Å². The summed E-state index contributed by atoms with van der Waals surface area (Å²) in [5.41, 5.74) is 0.876. The zero-order valence-electron chi connectivity index (χ0n) is 10.1. The van der Waals surface area contributed by atoms with Gasteiger partial charge in [0.15, 0.2) is 0 Å². The third-order valence-corrected chi connectivity index (χ3v) is 3.75. The third-order valence-electron chi connectivity index (χ3n) is 2.39. The molecule has 0 spiro atoms. The molecule has 2 rings (SSSR count). The van der Waals surface area contributed by atoms with Crippen LogP contribution in [0.2, 0.25) is 5.02 Å². The molecule has 0 amide bonds. The first kappa shape index (κ1) is 15.3. The molecule has 0 unspecified atom stereocenters. The Balaban J connectivity index is 2.03. The highest BCUT2D eigenvalue weighted by Crippen LogP contribution is 2.28. The van der Waals surface area contributed by atoms with E-state index >= 15 is 0 Å². The lowest BCUT2D eigenvalue weighted by Gasteiger charge is -2.04. The van der Waals surface area contributed by atoms with Gasteiger partial charge in [0.1, 0.15) is 5.75 Å². The lowest BCUT2D eigenvalue weighted by molar-refractivity contribution is -0.128. The molecule has 0 aromatic heterocycles. The Morgan fingerprint density at radius 2 is 1.80 bits per heavy atom. The fraction of sp³-hybridized carbons (Fsp3) is 0. The number of halogens is 3. The summed E-state index contributed by atoms with van der Waals surface area (Å²) >= 11 is 12.5. The second-order valence-corrected chi connectivity index (χ2v) is 6.09. The van der Waals surface area contributed by atoms with Gasteiger partial charge in [0, 0.05) is 15.6 Å². The van der Waals surface area contributed by atoms with Crippen molar-refractivity contribution in [3.63, 3.8) is 0 Å².